The minimum atomic E-state index is -1.57. The molecule has 0 spiro atoms. The zero-order chi connectivity index (χ0) is 40.1. The van der Waals surface area contributed by atoms with Gasteiger partial charge in [-0.2, -0.15) is 5.06 Å². The fourth-order valence-corrected chi connectivity index (χ4v) is 8.99. The number of carbonyl (C=O) groups excluding carboxylic acids is 4. The smallest absolute Gasteiger partial charge is 0.327 e. The summed E-state index contributed by atoms with van der Waals surface area (Å²) in [6.45, 7) is 10.5. The van der Waals surface area contributed by atoms with Gasteiger partial charge in [0.1, 0.15) is 41.5 Å². The highest BCUT2D eigenvalue weighted by atomic mass is 127. The Morgan fingerprint density at radius 2 is 1.73 bits per heavy atom. The van der Waals surface area contributed by atoms with E-state index in [1.165, 1.54) is 12.0 Å². The van der Waals surface area contributed by atoms with Gasteiger partial charge in [0.2, 0.25) is 11.8 Å². The van der Waals surface area contributed by atoms with Gasteiger partial charge in [0.05, 0.1) is 25.3 Å². The summed E-state index contributed by atoms with van der Waals surface area (Å²) in [5.74, 6) is -3.50. The van der Waals surface area contributed by atoms with Crippen LogP contribution in [-0.4, -0.2) is 106 Å². The first-order chi connectivity index (χ1) is 26.1. The van der Waals surface area contributed by atoms with Gasteiger partial charge in [-0.25, -0.2) is 0 Å². The molecule has 4 N–H and O–H groups in total. The van der Waals surface area contributed by atoms with Crippen molar-refractivity contribution in [3.05, 3.63) is 33.4 Å². The number of nitrogens with one attached hydrogen (secondary N) is 2. The molecule has 3 heterocycles. The lowest BCUT2D eigenvalue weighted by Crippen LogP contribution is -2.71. The van der Waals surface area contributed by atoms with E-state index >= 15 is 0 Å². The maximum Gasteiger partial charge on any atom is 0.327 e. The SMILES string of the molecule is CCCCCC1(CCCCC)O[C@@H]2[C@H](O1)[C@H]1ON(Cc3cccc(I)c3)[C@@H]3C(=O)O[C@@H]2C[C@]13C(=O)N[C@@H](C(=O)N[C@H](CO)CCC(=O)OC(C)(C)C)[C@H](C)O. The van der Waals surface area contributed by atoms with Gasteiger partial charge in [0.25, 0.3) is 0 Å². The topological polar surface area (TPSA) is 182 Å². The van der Waals surface area contributed by atoms with Crippen LogP contribution in [0.2, 0.25) is 0 Å². The summed E-state index contributed by atoms with van der Waals surface area (Å²) in [5.41, 5.74) is -1.41. The molecule has 5 rings (SSSR count). The van der Waals surface area contributed by atoms with Crippen LogP contribution in [0, 0.1) is 8.99 Å². The Bertz CT molecular complexity index is 1510. The molecule has 4 aliphatic rings. The fraction of sp³-hybridized carbons (Fsp3) is 0.750. The van der Waals surface area contributed by atoms with Crippen molar-refractivity contribution in [2.24, 2.45) is 5.41 Å². The molecule has 1 aromatic rings. The normalized spacial score (nSPS) is 28.5. The highest BCUT2D eigenvalue weighted by molar-refractivity contribution is 14.1. The van der Waals surface area contributed by atoms with E-state index in [0.717, 1.165) is 47.7 Å². The molecule has 9 atom stereocenters. The molecule has 4 fully saturated rings. The third kappa shape index (κ3) is 10.0. The first kappa shape index (κ1) is 43.7. The van der Waals surface area contributed by atoms with Gasteiger partial charge in [-0.1, -0.05) is 51.7 Å². The van der Waals surface area contributed by atoms with E-state index < -0.39 is 95.8 Å². The van der Waals surface area contributed by atoms with Crippen molar-refractivity contribution in [1.82, 2.24) is 15.7 Å². The van der Waals surface area contributed by atoms with Gasteiger partial charge in [0.15, 0.2) is 11.8 Å². The number of carbonyl (C=O) groups is 4. The summed E-state index contributed by atoms with van der Waals surface area (Å²) in [6, 6.07) is 4.21. The first-order valence-corrected chi connectivity index (χ1v) is 21.0. The number of unbranched alkanes of at least 4 members (excludes halogenated alkanes) is 4. The van der Waals surface area contributed by atoms with Crippen LogP contribution >= 0.6 is 22.6 Å². The van der Waals surface area contributed by atoms with Crippen molar-refractivity contribution in [2.45, 2.75) is 179 Å². The molecular weight excluding hydrogens is 825 g/mol. The fourth-order valence-electron chi connectivity index (χ4n) is 8.38. The lowest BCUT2D eigenvalue weighted by atomic mass is 9.62. The summed E-state index contributed by atoms with van der Waals surface area (Å²) in [4.78, 5) is 61.9. The van der Waals surface area contributed by atoms with Crippen LogP contribution in [0.25, 0.3) is 0 Å². The number of halogens is 1. The Kier molecular flexibility index (Phi) is 14.7. The van der Waals surface area contributed by atoms with Crippen LogP contribution in [0.3, 0.4) is 0 Å². The van der Waals surface area contributed by atoms with Crippen molar-refractivity contribution in [1.29, 1.82) is 0 Å². The molecule has 15 heteroatoms. The number of hydroxylamine groups is 2. The molecule has 1 aliphatic carbocycles. The Hall–Kier alpha value is -2.41. The molecule has 0 unspecified atom stereocenters. The van der Waals surface area contributed by atoms with E-state index in [-0.39, 0.29) is 25.8 Å². The predicted octanol–water partition coefficient (Wildman–Crippen LogP) is 4.20. The lowest BCUT2D eigenvalue weighted by molar-refractivity contribution is -0.224. The number of nitrogens with zero attached hydrogens (tertiary/aromatic N) is 1. The standard InChI is InChI=1S/C40H60IN3O11/c1-7-9-11-18-39(19-12-10-8-2)53-31-28-21-40(33(36(49)51-28)44(55-34(40)32(31)54-39)22-25-14-13-15-26(41)20-25)37(50)43-30(24(3)46)35(48)42-27(23-45)16-17-29(47)52-38(4,5)6/h13-15,20,24,27-28,30-34,45-46H,7-12,16-19,21-23H2,1-6H3,(H,42,48)(H,43,50)/t24-,27-,28+,30+,31-,32-,33+,34+,40+/m0/s1. The molecule has 308 valence electrons. The predicted molar refractivity (Wildman–Crippen MR) is 209 cm³/mol. The largest absolute Gasteiger partial charge is 0.460 e. The second kappa shape index (κ2) is 18.5. The van der Waals surface area contributed by atoms with Crippen molar-refractivity contribution >= 4 is 46.3 Å². The van der Waals surface area contributed by atoms with E-state index in [9.17, 15) is 29.4 Å². The first-order valence-electron chi connectivity index (χ1n) is 19.9. The van der Waals surface area contributed by atoms with Crippen LogP contribution < -0.4 is 10.6 Å². The molecule has 1 saturated carbocycles. The zero-order valence-electron chi connectivity index (χ0n) is 33.0. The number of rotatable bonds is 19. The van der Waals surface area contributed by atoms with Gasteiger partial charge >= 0.3 is 11.9 Å². The van der Waals surface area contributed by atoms with E-state index in [4.69, 9.17) is 23.8 Å². The van der Waals surface area contributed by atoms with Crippen molar-refractivity contribution in [2.75, 3.05) is 6.61 Å². The van der Waals surface area contributed by atoms with Crippen LogP contribution in [-0.2, 0) is 49.5 Å². The third-order valence-corrected chi connectivity index (χ3v) is 11.6. The zero-order valence-corrected chi connectivity index (χ0v) is 35.2. The van der Waals surface area contributed by atoms with E-state index in [0.29, 0.717) is 12.8 Å². The average Bonchev–Trinajstić information content (AvgIpc) is 3.66. The van der Waals surface area contributed by atoms with Crippen LogP contribution in [0.15, 0.2) is 24.3 Å². The maximum absolute atomic E-state index is 15.0. The summed E-state index contributed by atoms with van der Waals surface area (Å²) in [6.07, 6.45) is 2.50. The van der Waals surface area contributed by atoms with Gasteiger partial charge < -0.3 is 39.8 Å². The summed E-state index contributed by atoms with van der Waals surface area (Å²) < 4.78 is 26.2. The Morgan fingerprint density at radius 3 is 2.33 bits per heavy atom. The van der Waals surface area contributed by atoms with E-state index in [1.807, 2.05) is 24.3 Å². The number of benzene rings is 1. The molecule has 1 aromatic carbocycles. The number of amides is 2. The molecule has 14 nitrogen and oxygen atoms in total. The monoisotopic (exact) mass is 885 g/mol. The number of fused-ring (bicyclic) bond motifs is 4. The minimum absolute atomic E-state index is 0.0521. The second-order valence-corrected chi connectivity index (χ2v) is 17.8. The van der Waals surface area contributed by atoms with Gasteiger partial charge in [-0.3, -0.25) is 24.0 Å². The van der Waals surface area contributed by atoms with Crippen molar-refractivity contribution in [3.63, 3.8) is 0 Å². The van der Waals surface area contributed by atoms with Crippen LogP contribution in [0.5, 0.6) is 0 Å². The Morgan fingerprint density at radius 1 is 1.05 bits per heavy atom. The van der Waals surface area contributed by atoms with Crippen LogP contribution in [0.1, 0.15) is 118 Å². The van der Waals surface area contributed by atoms with E-state index in [1.54, 1.807) is 20.8 Å². The van der Waals surface area contributed by atoms with Crippen LogP contribution in [0.4, 0.5) is 0 Å². The van der Waals surface area contributed by atoms with Crippen molar-refractivity contribution < 1.29 is 53.2 Å². The van der Waals surface area contributed by atoms with Gasteiger partial charge in [-0.05, 0) is 87.2 Å². The van der Waals surface area contributed by atoms with Gasteiger partial charge in [0, 0.05) is 29.3 Å². The number of aliphatic hydroxyl groups is 2. The molecule has 2 amide bonds. The number of esters is 2. The Balaban J connectivity index is 1.44. The molecule has 0 radical (unpaired) electrons. The Labute approximate surface area is 338 Å². The molecular formula is C40H60IN3O11. The summed E-state index contributed by atoms with van der Waals surface area (Å²) in [7, 11) is 0. The maximum atomic E-state index is 15.0. The second-order valence-electron chi connectivity index (χ2n) is 16.5. The van der Waals surface area contributed by atoms with Gasteiger partial charge in [-0.15, -0.1) is 0 Å². The number of hydrogen-bond donors (Lipinski definition) is 4. The highest BCUT2D eigenvalue weighted by Gasteiger charge is 2.76. The number of ether oxygens (including phenoxy) is 4. The minimum Gasteiger partial charge on any atom is -0.460 e. The summed E-state index contributed by atoms with van der Waals surface area (Å²) >= 11 is 2.21. The van der Waals surface area contributed by atoms with Crippen molar-refractivity contribution in [3.8, 4) is 0 Å². The molecule has 3 saturated heterocycles. The lowest BCUT2D eigenvalue weighted by Gasteiger charge is -2.49. The molecule has 2 bridgehead atoms. The third-order valence-electron chi connectivity index (χ3n) is 11.0. The molecule has 3 aliphatic heterocycles. The highest BCUT2D eigenvalue weighted by Crippen LogP contribution is 2.58. The van der Waals surface area contributed by atoms with E-state index in [2.05, 4.69) is 47.1 Å². The number of hydrogen-bond acceptors (Lipinski definition) is 12. The summed E-state index contributed by atoms with van der Waals surface area (Å²) in [5, 5.41) is 27.9. The molecule has 0 aromatic heterocycles. The quantitative estimate of drug-likeness (QED) is 0.0885. The average molecular weight is 886 g/mol. The molecule has 55 heavy (non-hydrogen) atoms. The number of aliphatic hydroxyl groups excluding tert-OH is 2.